The predicted molar refractivity (Wildman–Crippen MR) is 220 cm³/mol. The Kier molecular flexibility index (Phi) is 8.36. The second-order valence-electron chi connectivity index (χ2n) is 14.9. The highest BCUT2D eigenvalue weighted by molar-refractivity contribution is 5.73. The van der Waals surface area contributed by atoms with Crippen LogP contribution in [0.2, 0.25) is 0 Å². The number of benzene rings is 6. The maximum absolute atomic E-state index is 5.15. The summed E-state index contributed by atoms with van der Waals surface area (Å²) in [5.74, 6) is 4.59. The maximum Gasteiger partial charge on any atom is 0.164 e. The average molecular weight is 711 g/mol. The molecule has 0 amide bonds. The first-order valence-electron chi connectivity index (χ1n) is 19.2. The average Bonchev–Trinajstić information content (AvgIpc) is 3.91. The van der Waals surface area contributed by atoms with Gasteiger partial charge in [-0.15, -0.1) is 0 Å². The van der Waals surface area contributed by atoms with Crippen molar-refractivity contribution in [2.45, 2.75) is 37.5 Å². The van der Waals surface area contributed by atoms with Crippen molar-refractivity contribution in [2.75, 3.05) is 0 Å². The van der Waals surface area contributed by atoms with Crippen LogP contribution in [0, 0.1) is 5.92 Å². The molecule has 0 unspecified atom stereocenters. The first kappa shape index (κ1) is 32.9. The molecule has 2 heterocycles. The predicted octanol–water partition coefficient (Wildman–Crippen LogP) is 11.6. The molecule has 6 heteroatoms. The van der Waals surface area contributed by atoms with Crippen molar-refractivity contribution in [3.05, 3.63) is 169 Å². The van der Waals surface area contributed by atoms with E-state index >= 15 is 0 Å². The second kappa shape index (κ2) is 14.0. The summed E-state index contributed by atoms with van der Waals surface area (Å²) in [6, 6.07) is 56.1. The number of hydrogen-bond donors (Lipinski definition) is 0. The van der Waals surface area contributed by atoms with Crippen molar-refractivity contribution in [1.82, 2.24) is 29.9 Å². The molecule has 0 radical (unpaired) electrons. The van der Waals surface area contributed by atoms with Crippen LogP contribution in [0.3, 0.4) is 0 Å². The molecule has 0 spiro atoms. The molecule has 10 rings (SSSR count). The summed E-state index contributed by atoms with van der Waals surface area (Å²) < 4.78 is 0. The van der Waals surface area contributed by atoms with E-state index in [1.54, 1.807) is 0 Å². The zero-order chi connectivity index (χ0) is 36.6. The monoisotopic (exact) mass is 710 g/mol. The first-order chi connectivity index (χ1) is 27.2. The molecule has 0 N–H and O–H groups in total. The van der Waals surface area contributed by atoms with E-state index in [1.165, 1.54) is 37.7 Å². The van der Waals surface area contributed by atoms with Crippen molar-refractivity contribution >= 4 is 0 Å². The van der Waals surface area contributed by atoms with E-state index in [9.17, 15) is 0 Å². The minimum Gasteiger partial charge on any atom is -0.208 e. The van der Waals surface area contributed by atoms with Gasteiger partial charge in [0, 0.05) is 33.4 Å². The van der Waals surface area contributed by atoms with Crippen molar-refractivity contribution in [3.63, 3.8) is 0 Å². The minimum atomic E-state index is 0.291. The van der Waals surface area contributed by atoms with Crippen LogP contribution in [0.5, 0.6) is 0 Å². The van der Waals surface area contributed by atoms with Gasteiger partial charge in [0.15, 0.2) is 34.9 Å². The number of rotatable bonds is 8. The van der Waals surface area contributed by atoms with Gasteiger partial charge in [-0.05, 0) is 72.3 Å². The fraction of sp³-hybridized carbons (Fsp3) is 0.143. The lowest BCUT2D eigenvalue weighted by atomic mass is 9.77. The highest BCUT2D eigenvalue weighted by Gasteiger charge is 2.45. The van der Waals surface area contributed by atoms with Crippen LogP contribution in [0.1, 0.15) is 37.7 Å². The smallest absolute Gasteiger partial charge is 0.164 e. The zero-order valence-corrected chi connectivity index (χ0v) is 30.4. The van der Waals surface area contributed by atoms with Crippen LogP contribution in [-0.2, 0) is 5.41 Å². The Labute approximate surface area is 321 Å². The van der Waals surface area contributed by atoms with Crippen LogP contribution in [0.15, 0.2) is 164 Å². The fourth-order valence-corrected chi connectivity index (χ4v) is 8.53. The summed E-state index contributed by atoms with van der Waals surface area (Å²) in [7, 11) is 0. The summed E-state index contributed by atoms with van der Waals surface area (Å²) >= 11 is 0. The largest absolute Gasteiger partial charge is 0.208 e. The molecule has 2 aromatic heterocycles. The number of nitrogens with zero attached hydrogens (tertiary/aromatic N) is 6. The summed E-state index contributed by atoms with van der Waals surface area (Å²) in [6.07, 6.45) is 6.52. The Morgan fingerprint density at radius 1 is 0.327 bits per heavy atom. The SMILES string of the molecule is c1ccc(-c2ccc(-c3nc(-c4ccccc4)nc(-c4cccc(-c5nc(-c6ccccc6)nc(-c6cccc(C78CCC(CC7)C8)c6)n5)c4)n3)cc2)cc1. The van der Waals surface area contributed by atoms with E-state index in [-0.39, 0.29) is 0 Å². The van der Waals surface area contributed by atoms with Gasteiger partial charge in [-0.3, -0.25) is 0 Å². The van der Waals surface area contributed by atoms with E-state index in [1.807, 2.05) is 72.8 Å². The summed E-state index contributed by atoms with van der Waals surface area (Å²) in [6.45, 7) is 0. The third kappa shape index (κ3) is 6.50. The third-order valence-corrected chi connectivity index (χ3v) is 11.4. The van der Waals surface area contributed by atoms with Crippen LogP contribution in [0.25, 0.3) is 79.5 Å². The summed E-state index contributed by atoms with van der Waals surface area (Å²) in [5.41, 5.74) is 9.52. The highest BCUT2D eigenvalue weighted by Crippen LogP contribution is 2.55. The van der Waals surface area contributed by atoms with E-state index in [4.69, 9.17) is 29.9 Å². The molecule has 55 heavy (non-hydrogen) atoms. The van der Waals surface area contributed by atoms with E-state index in [2.05, 4.69) is 91.0 Å². The van der Waals surface area contributed by atoms with Gasteiger partial charge in [0.25, 0.3) is 0 Å². The molecular formula is C49H38N6. The minimum absolute atomic E-state index is 0.291. The fourth-order valence-electron chi connectivity index (χ4n) is 8.53. The molecule has 0 saturated heterocycles. The van der Waals surface area contributed by atoms with E-state index in [0.29, 0.717) is 40.4 Å². The molecular weight excluding hydrogens is 673 g/mol. The second-order valence-corrected chi connectivity index (χ2v) is 14.9. The van der Waals surface area contributed by atoms with Gasteiger partial charge in [-0.2, -0.15) is 0 Å². The van der Waals surface area contributed by atoms with Gasteiger partial charge in [0.2, 0.25) is 0 Å². The van der Waals surface area contributed by atoms with Gasteiger partial charge < -0.3 is 0 Å². The maximum atomic E-state index is 5.15. The van der Waals surface area contributed by atoms with Crippen LogP contribution in [-0.4, -0.2) is 29.9 Å². The molecule has 6 nitrogen and oxygen atoms in total. The summed E-state index contributed by atoms with van der Waals surface area (Å²) in [5, 5.41) is 0. The van der Waals surface area contributed by atoms with Crippen LogP contribution >= 0.6 is 0 Å². The number of hydrogen-bond acceptors (Lipinski definition) is 6. The number of fused-ring (bicyclic) bond motifs is 2. The zero-order valence-electron chi connectivity index (χ0n) is 30.4. The molecule has 2 bridgehead atoms. The molecule has 2 aliphatic carbocycles. The van der Waals surface area contributed by atoms with Gasteiger partial charge in [-0.1, -0.05) is 152 Å². The van der Waals surface area contributed by atoms with Crippen LogP contribution < -0.4 is 0 Å². The molecule has 2 aliphatic rings. The molecule has 8 aromatic rings. The van der Waals surface area contributed by atoms with Gasteiger partial charge in [0.05, 0.1) is 0 Å². The molecule has 264 valence electrons. The molecule has 0 aliphatic heterocycles. The van der Waals surface area contributed by atoms with Gasteiger partial charge in [-0.25, -0.2) is 29.9 Å². The van der Waals surface area contributed by atoms with Gasteiger partial charge in [0.1, 0.15) is 0 Å². The Balaban J connectivity index is 1.07. The van der Waals surface area contributed by atoms with Gasteiger partial charge >= 0.3 is 0 Å². The van der Waals surface area contributed by atoms with E-state index < -0.39 is 0 Å². The molecule has 6 aromatic carbocycles. The van der Waals surface area contributed by atoms with Crippen molar-refractivity contribution in [3.8, 4) is 79.5 Å². The molecule has 2 saturated carbocycles. The lowest BCUT2D eigenvalue weighted by molar-refractivity contribution is 0.419. The molecule has 0 atom stereocenters. The standard InChI is InChI=1S/C49H38N6/c1-4-12-34(13-5-1)35-22-24-38(25-23-35)45-50-43(36-14-6-2-7-15-36)51-46(54-45)39-18-10-19-40(30-39)47-52-44(37-16-8-3-9-17-37)53-48(55-47)41-20-11-21-42(31-41)49-28-26-33(32-49)27-29-49/h1-25,30-31,33H,26-29,32H2. The Hall–Kier alpha value is -6.66. The lowest BCUT2D eigenvalue weighted by Gasteiger charge is -2.27. The number of aromatic nitrogens is 6. The Morgan fingerprint density at radius 2 is 0.673 bits per heavy atom. The van der Waals surface area contributed by atoms with E-state index in [0.717, 1.165) is 50.4 Å². The Bertz CT molecular complexity index is 2620. The topological polar surface area (TPSA) is 77.3 Å². The highest BCUT2D eigenvalue weighted by atomic mass is 15.0. The lowest BCUT2D eigenvalue weighted by Crippen LogP contribution is -2.19. The molecule has 2 fully saturated rings. The van der Waals surface area contributed by atoms with Crippen molar-refractivity contribution < 1.29 is 0 Å². The summed E-state index contributed by atoms with van der Waals surface area (Å²) in [4.78, 5) is 30.3. The van der Waals surface area contributed by atoms with Crippen molar-refractivity contribution in [1.29, 1.82) is 0 Å². The third-order valence-electron chi connectivity index (χ3n) is 11.4. The quantitative estimate of drug-likeness (QED) is 0.156. The normalized spacial score (nSPS) is 17.3. The van der Waals surface area contributed by atoms with Crippen LogP contribution in [0.4, 0.5) is 0 Å². The first-order valence-corrected chi connectivity index (χ1v) is 19.2. The Morgan fingerprint density at radius 3 is 1.13 bits per heavy atom. The van der Waals surface area contributed by atoms with Crippen molar-refractivity contribution in [2.24, 2.45) is 5.92 Å².